The Labute approximate surface area is 165 Å². The molecule has 0 unspecified atom stereocenters. The number of ether oxygens (including phenoxy) is 1. The van der Waals surface area contributed by atoms with Gasteiger partial charge in [0.2, 0.25) is 0 Å². The molecule has 0 aromatic heterocycles. The second kappa shape index (κ2) is 8.46. The van der Waals surface area contributed by atoms with Crippen LogP contribution in [-0.4, -0.2) is 15.0 Å². The molecule has 140 valence electrons. The third-order valence-electron chi connectivity index (χ3n) is 4.01. The molecule has 0 N–H and O–H groups in total. The van der Waals surface area contributed by atoms with Crippen LogP contribution in [0.3, 0.4) is 0 Å². The van der Waals surface area contributed by atoms with Crippen molar-refractivity contribution in [3.05, 3.63) is 89.4 Å². The highest BCUT2D eigenvalue weighted by Gasteiger charge is 2.25. The van der Waals surface area contributed by atoms with E-state index < -0.39 is 10.0 Å². The summed E-state index contributed by atoms with van der Waals surface area (Å²) in [5.74, 6) is 0.699. The van der Waals surface area contributed by atoms with Crippen molar-refractivity contribution in [1.82, 2.24) is 0 Å². The van der Waals surface area contributed by atoms with Gasteiger partial charge in [-0.15, -0.1) is 0 Å². The summed E-state index contributed by atoms with van der Waals surface area (Å²) >= 11 is 5.95. The fourth-order valence-corrected chi connectivity index (χ4v) is 4.27. The lowest BCUT2D eigenvalue weighted by atomic mass is 10.2. The number of nitrogens with zero attached hydrogens (tertiary/aromatic N) is 1. The number of hydrogen-bond donors (Lipinski definition) is 0. The average molecular weight is 402 g/mol. The summed E-state index contributed by atoms with van der Waals surface area (Å²) in [6, 6.07) is 22.6. The van der Waals surface area contributed by atoms with Gasteiger partial charge in [0.1, 0.15) is 5.75 Å². The first-order valence-electron chi connectivity index (χ1n) is 8.56. The van der Waals surface area contributed by atoms with Crippen LogP contribution < -0.4 is 9.04 Å². The predicted molar refractivity (Wildman–Crippen MR) is 109 cm³/mol. The van der Waals surface area contributed by atoms with Gasteiger partial charge >= 0.3 is 0 Å². The van der Waals surface area contributed by atoms with Crippen molar-refractivity contribution >= 4 is 27.3 Å². The third kappa shape index (κ3) is 4.62. The van der Waals surface area contributed by atoms with Gasteiger partial charge < -0.3 is 4.74 Å². The first kappa shape index (κ1) is 19.3. The molecular formula is C21H20ClNO3S. The minimum Gasteiger partial charge on any atom is -0.494 e. The summed E-state index contributed by atoms with van der Waals surface area (Å²) in [5.41, 5.74) is 1.41. The predicted octanol–water partition coefficient (Wildman–Crippen LogP) is 5.13. The fraction of sp³-hybridized carbons (Fsp3) is 0.143. The first-order valence-corrected chi connectivity index (χ1v) is 10.4. The molecule has 0 aliphatic rings. The molecule has 0 aliphatic carbocycles. The van der Waals surface area contributed by atoms with E-state index in [-0.39, 0.29) is 11.4 Å². The van der Waals surface area contributed by atoms with Gasteiger partial charge in [-0.25, -0.2) is 8.42 Å². The van der Waals surface area contributed by atoms with E-state index in [0.717, 1.165) is 5.56 Å². The molecule has 0 heterocycles. The molecule has 6 heteroatoms. The zero-order chi connectivity index (χ0) is 19.3. The van der Waals surface area contributed by atoms with Crippen molar-refractivity contribution in [3.8, 4) is 5.75 Å². The second-order valence-electron chi connectivity index (χ2n) is 5.88. The van der Waals surface area contributed by atoms with Crippen LogP contribution in [-0.2, 0) is 16.6 Å². The zero-order valence-corrected chi connectivity index (χ0v) is 16.5. The van der Waals surface area contributed by atoms with Crippen molar-refractivity contribution in [1.29, 1.82) is 0 Å². The molecule has 3 rings (SSSR count). The van der Waals surface area contributed by atoms with Gasteiger partial charge in [-0.3, -0.25) is 4.31 Å². The fourth-order valence-electron chi connectivity index (χ4n) is 2.67. The smallest absolute Gasteiger partial charge is 0.264 e. The second-order valence-corrected chi connectivity index (χ2v) is 8.18. The molecule has 0 saturated heterocycles. The molecule has 0 saturated carbocycles. The number of sulfonamides is 1. The van der Waals surface area contributed by atoms with Gasteiger partial charge in [-0.1, -0.05) is 41.9 Å². The average Bonchev–Trinajstić information content (AvgIpc) is 2.69. The molecule has 3 aromatic carbocycles. The van der Waals surface area contributed by atoms with Crippen LogP contribution in [0.25, 0.3) is 0 Å². The molecule has 0 amide bonds. The first-order chi connectivity index (χ1) is 13.0. The highest BCUT2D eigenvalue weighted by Crippen LogP contribution is 2.28. The van der Waals surface area contributed by atoms with Crippen LogP contribution in [0.15, 0.2) is 83.8 Å². The van der Waals surface area contributed by atoms with Crippen LogP contribution >= 0.6 is 11.6 Å². The maximum absolute atomic E-state index is 13.3. The van der Waals surface area contributed by atoms with Crippen LogP contribution in [0.1, 0.15) is 12.5 Å². The van der Waals surface area contributed by atoms with E-state index >= 15 is 0 Å². The van der Waals surface area contributed by atoms with Crippen LogP contribution in [0.4, 0.5) is 5.69 Å². The number of hydrogen-bond acceptors (Lipinski definition) is 3. The van der Waals surface area contributed by atoms with Crippen molar-refractivity contribution < 1.29 is 13.2 Å². The molecule has 27 heavy (non-hydrogen) atoms. The zero-order valence-electron chi connectivity index (χ0n) is 14.9. The summed E-state index contributed by atoms with van der Waals surface area (Å²) in [6.07, 6.45) is 0. The van der Waals surface area contributed by atoms with E-state index in [4.69, 9.17) is 16.3 Å². The summed E-state index contributed by atoms with van der Waals surface area (Å²) in [6.45, 7) is 2.65. The van der Waals surface area contributed by atoms with E-state index in [9.17, 15) is 8.42 Å². The lowest BCUT2D eigenvalue weighted by molar-refractivity contribution is 0.340. The van der Waals surface area contributed by atoms with Crippen molar-refractivity contribution in [2.45, 2.75) is 18.4 Å². The third-order valence-corrected chi connectivity index (χ3v) is 6.05. The molecule has 0 fully saturated rings. The standard InChI is InChI=1S/C21H20ClNO3S/c1-2-26-20-14-12-19(13-15-20)23(16-17-8-10-18(22)11-9-17)27(24,25)21-6-4-3-5-7-21/h3-15H,2,16H2,1H3. The highest BCUT2D eigenvalue weighted by atomic mass is 35.5. The van der Waals surface area contributed by atoms with E-state index in [2.05, 4.69) is 0 Å². The van der Waals surface area contributed by atoms with Crippen molar-refractivity contribution in [3.63, 3.8) is 0 Å². The topological polar surface area (TPSA) is 46.6 Å². The van der Waals surface area contributed by atoms with E-state index in [1.54, 1.807) is 66.7 Å². The van der Waals surface area contributed by atoms with E-state index in [0.29, 0.717) is 23.1 Å². The number of rotatable bonds is 7. The minimum absolute atomic E-state index is 0.197. The van der Waals surface area contributed by atoms with Crippen molar-refractivity contribution in [2.24, 2.45) is 0 Å². The van der Waals surface area contributed by atoms with Crippen LogP contribution in [0.2, 0.25) is 5.02 Å². The summed E-state index contributed by atoms with van der Waals surface area (Å²) in [7, 11) is -3.73. The lowest BCUT2D eigenvalue weighted by Crippen LogP contribution is -2.30. The molecule has 0 atom stereocenters. The largest absolute Gasteiger partial charge is 0.494 e. The van der Waals surface area contributed by atoms with Gasteiger partial charge in [0, 0.05) is 5.02 Å². The monoisotopic (exact) mass is 401 g/mol. The minimum atomic E-state index is -3.73. The Hall–Kier alpha value is -2.50. The number of benzene rings is 3. The Bertz CT molecular complexity index is 972. The Morgan fingerprint density at radius 2 is 1.52 bits per heavy atom. The summed E-state index contributed by atoms with van der Waals surface area (Å²) < 4.78 is 33.4. The molecule has 0 spiro atoms. The van der Waals surface area contributed by atoms with Gasteiger partial charge in [0.05, 0.1) is 23.7 Å². The van der Waals surface area contributed by atoms with Gasteiger partial charge in [-0.2, -0.15) is 0 Å². The Balaban J connectivity index is 2.01. The normalized spacial score (nSPS) is 11.2. The summed E-state index contributed by atoms with van der Waals surface area (Å²) in [4.78, 5) is 0.243. The Morgan fingerprint density at radius 1 is 0.889 bits per heavy atom. The quantitative estimate of drug-likeness (QED) is 0.551. The summed E-state index contributed by atoms with van der Waals surface area (Å²) in [5, 5.41) is 0.609. The van der Waals surface area contributed by atoms with Crippen LogP contribution in [0, 0.1) is 0 Å². The Kier molecular flexibility index (Phi) is 6.04. The Morgan fingerprint density at radius 3 is 2.11 bits per heavy atom. The van der Waals surface area contributed by atoms with Gasteiger partial charge in [0.15, 0.2) is 0 Å². The molecule has 0 bridgehead atoms. The number of anilines is 1. The van der Waals surface area contributed by atoms with Crippen molar-refractivity contribution in [2.75, 3.05) is 10.9 Å². The van der Waals surface area contributed by atoms with Gasteiger partial charge in [0.25, 0.3) is 10.0 Å². The number of halogens is 1. The molecule has 4 nitrogen and oxygen atoms in total. The highest BCUT2D eigenvalue weighted by molar-refractivity contribution is 7.92. The maximum Gasteiger partial charge on any atom is 0.264 e. The van der Waals surface area contributed by atoms with Gasteiger partial charge in [-0.05, 0) is 61.0 Å². The van der Waals surface area contributed by atoms with E-state index in [1.165, 1.54) is 4.31 Å². The van der Waals surface area contributed by atoms with E-state index in [1.807, 2.05) is 19.1 Å². The van der Waals surface area contributed by atoms with Crippen LogP contribution in [0.5, 0.6) is 5.75 Å². The molecule has 0 radical (unpaired) electrons. The molecule has 3 aromatic rings. The SMILES string of the molecule is CCOc1ccc(N(Cc2ccc(Cl)cc2)S(=O)(=O)c2ccccc2)cc1. The molecular weight excluding hydrogens is 382 g/mol. The lowest BCUT2D eigenvalue weighted by Gasteiger charge is -2.25. The molecule has 0 aliphatic heterocycles. The maximum atomic E-state index is 13.3.